The highest BCUT2D eigenvalue weighted by atomic mass is 16.6. The molecule has 1 atom stereocenters. The first-order valence-electron chi connectivity index (χ1n) is 28.3. The van der Waals surface area contributed by atoms with E-state index in [9.17, 15) is 14.4 Å². The summed E-state index contributed by atoms with van der Waals surface area (Å²) in [6.07, 6.45) is 67.7. The van der Waals surface area contributed by atoms with Crippen molar-refractivity contribution >= 4 is 17.9 Å². The molecule has 0 rings (SSSR count). The van der Waals surface area contributed by atoms with E-state index < -0.39 is 6.10 Å². The van der Waals surface area contributed by atoms with Gasteiger partial charge in [0.05, 0.1) is 0 Å². The maximum Gasteiger partial charge on any atom is 0.306 e. The predicted molar refractivity (Wildman–Crippen MR) is 284 cm³/mol. The maximum atomic E-state index is 12.8. The van der Waals surface area contributed by atoms with E-state index in [0.717, 1.165) is 96.3 Å². The minimum Gasteiger partial charge on any atom is -0.462 e. The summed E-state index contributed by atoms with van der Waals surface area (Å²) < 4.78 is 16.8. The molecule has 0 amide bonds. The average molecular weight is 924 g/mol. The number of rotatable bonds is 51. The van der Waals surface area contributed by atoms with Gasteiger partial charge in [-0.2, -0.15) is 0 Å². The normalized spacial score (nSPS) is 12.5. The molecule has 0 saturated heterocycles. The molecule has 0 aromatic heterocycles. The van der Waals surface area contributed by atoms with Crippen molar-refractivity contribution in [1.29, 1.82) is 0 Å². The number of carbonyl (C=O) groups is 3. The number of carbonyl (C=O) groups excluding carboxylic acids is 3. The number of esters is 3. The summed E-state index contributed by atoms with van der Waals surface area (Å²) in [5.41, 5.74) is 0. The SMILES string of the molecule is CCCCC/C=C\C/C=C\C/C=C\CCCCCCCCC(=O)OC[C@@H](COC(=O)CCCCCCC/C=C\CCCCCC)OC(=O)CCCCCCC/C=C\CCCCCCCCC. The van der Waals surface area contributed by atoms with Crippen LogP contribution in [0, 0.1) is 0 Å². The largest absolute Gasteiger partial charge is 0.462 e. The Morgan fingerprint density at radius 2 is 0.545 bits per heavy atom. The molecule has 382 valence electrons. The van der Waals surface area contributed by atoms with Crippen molar-refractivity contribution in [2.75, 3.05) is 13.2 Å². The van der Waals surface area contributed by atoms with Crippen molar-refractivity contribution in [3.63, 3.8) is 0 Å². The van der Waals surface area contributed by atoms with E-state index in [2.05, 4.69) is 81.5 Å². The number of hydrogen-bond acceptors (Lipinski definition) is 6. The van der Waals surface area contributed by atoms with Crippen molar-refractivity contribution in [2.45, 2.75) is 290 Å². The molecule has 0 aliphatic rings. The van der Waals surface area contributed by atoms with Crippen molar-refractivity contribution in [3.05, 3.63) is 60.8 Å². The maximum absolute atomic E-state index is 12.8. The molecule has 0 aliphatic carbocycles. The quantitative estimate of drug-likeness (QED) is 0.0262. The third-order valence-electron chi connectivity index (χ3n) is 12.2. The summed E-state index contributed by atoms with van der Waals surface area (Å²) in [6, 6.07) is 0. The molecular formula is C60H106O6. The third-order valence-corrected chi connectivity index (χ3v) is 12.2. The fraction of sp³-hybridized carbons (Fsp3) is 0.783. The van der Waals surface area contributed by atoms with E-state index in [4.69, 9.17) is 14.2 Å². The second kappa shape index (κ2) is 54.7. The predicted octanol–water partition coefficient (Wildman–Crippen LogP) is 18.8. The molecule has 66 heavy (non-hydrogen) atoms. The molecular weight excluding hydrogens is 817 g/mol. The highest BCUT2D eigenvalue weighted by Crippen LogP contribution is 2.14. The number of hydrogen-bond donors (Lipinski definition) is 0. The molecule has 0 radical (unpaired) electrons. The molecule has 0 fully saturated rings. The number of ether oxygens (including phenoxy) is 3. The van der Waals surface area contributed by atoms with Gasteiger partial charge in [0.25, 0.3) is 0 Å². The van der Waals surface area contributed by atoms with Gasteiger partial charge < -0.3 is 14.2 Å². The molecule has 6 heteroatoms. The summed E-state index contributed by atoms with van der Waals surface area (Å²) in [5.74, 6) is -0.906. The molecule has 0 bridgehead atoms. The average Bonchev–Trinajstić information content (AvgIpc) is 3.31. The zero-order valence-electron chi connectivity index (χ0n) is 43.7. The fourth-order valence-electron chi connectivity index (χ4n) is 7.91. The van der Waals surface area contributed by atoms with Gasteiger partial charge in [0.15, 0.2) is 6.10 Å². The van der Waals surface area contributed by atoms with Crippen molar-refractivity contribution < 1.29 is 28.6 Å². The van der Waals surface area contributed by atoms with Crippen LogP contribution in [0.4, 0.5) is 0 Å². The summed E-state index contributed by atoms with van der Waals surface area (Å²) in [5, 5.41) is 0. The zero-order valence-corrected chi connectivity index (χ0v) is 43.7. The lowest BCUT2D eigenvalue weighted by Crippen LogP contribution is -2.30. The van der Waals surface area contributed by atoms with Gasteiger partial charge in [-0.25, -0.2) is 0 Å². The summed E-state index contributed by atoms with van der Waals surface area (Å²) >= 11 is 0. The Bertz CT molecular complexity index is 1200. The second-order valence-electron chi connectivity index (χ2n) is 18.8. The van der Waals surface area contributed by atoms with E-state index in [0.29, 0.717) is 19.3 Å². The second-order valence-corrected chi connectivity index (χ2v) is 18.8. The Hall–Kier alpha value is -2.89. The lowest BCUT2D eigenvalue weighted by atomic mass is 10.1. The number of unbranched alkanes of at least 4 members (excludes halogenated alkanes) is 30. The highest BCUT2D eigenvalue weighted by Gasteiger charge is 2.19. The van der Waals surface area contributed by atoms with E-state index in [1.165, 1.54) is 148 Å². The summed E-state index contributed by atoms with van der Waals surface area (Å²) in [6.45, 7) is 6.59. The van der Waals surface area contributed by atoms with Crippen LogP contribution in [0.2, 0.25) is 0 Å². The Kier molecular flexibility index (Phi) is 52.3. The van der Waals surface area contributed by atoms with Crippen molar-refractivity contribution in [2.24, 2.45) is 0 Å². The van der Waals surface area contributed by atoms with Crippen molar-refractivity contribution in [1.82, 2.24) is 0 Å². The Morgan fingerprint density at radius 1 is 0.303 bits per heavy atom. The Balaban J connectivity index is 4.40. The molecule has 0 saturated carbocycles. The minimum atomic E-state index is -0.787. The van der Waals surface area contributed by atoms with Gasteiger partial charge in [-0.3, -0.25) is 14.4 Å². The molecule has 0 aliphatic heterocycles. The first kappa shape index (κ1) is 63.1. The van der Waals surface area contributed by atoms with Gasteiger partial charge in [-0.1, -0.05) is 216 Å². The Morgan fingerprint density at radius 3 is 0.909 bits per heavy atom. The topological polar surface area (TPSA) is 78.9 Å². The molecule has 6 nitrogen and oxygen atoms in total. The van der Waals surface area contributed by atoms with Crippen LogP contribution in [0.15, 0.2) is 60.8 Å². The van der Waals surface area contributed by atoms with Crippen LogP contribution in [-0.2, 0) is 28.6 Å². The molecule has 0 spiro atoms. The minimum absolute atomic E-state index is 0.0855. The molecule has 0 aromatic rings. The monoisotopic (exact) mass is 923 g/mol. The smallest absolute Gasteiger partial charge is 0.306 e. The van der Waals surface area contributed by atoms with Crippen LogP contribution in [0.1, 0.15) is 284 Å². The first-order valence-corrected chi connectivity index (χ1v) is 28.3. The molecule has 0 aromatic carbocycles. The zero-order chi connectivity index (χ0) is 47.9. The summed E-state index contributed by atoms with van der Waals surface area (Å²) in [7, 11) is 0. The molecule has 0 unspecified atom stereocenters. The van der Waals surface area contributed by atoms with E-state index in [-0.39, 0.29) is 31.1 Å². The Labute approximate surface area is 409 Å². The standard InChI is InChI=1S/C60H106O6/c1-4-7-10-13-16-19-22-25-27-29-30-31-33-35-38-41-44-47-50-53-59(62)65-56-57(55-64-58(61)52-49-46-43-40-37-34-24-21-18-15-12-9-6-3)66-60(63)54-51-48-45-42-39-36-32-28-26-23-20-17-14-11-8-5-2/h16,19,21,24-25,27-28,30-32,57H,4-15,17-18,20,22-23,26,29,33-56H2,1-3H3/b19-16-,24-21-,27-25-,31-30-,32-28-/t57-/m1/s1. The lowest BCUT2D eigenvalue weighted by molar-refractivity contribution is -0.167. The number of allylic oxidation sites excluding steroid dienone is 10. The van der Waals surface area contributed by atoms with Gasteiger partial charge in [0.1, 0.15) is 13.2 Å². The van der Waals surface area contributed by atoms with E-state index in [1.807, 2.05) is 0 Å². The third kappa shape index (κ3) is 52.1. The van der Waals surface area contributed by atoms with Gasteiger partial charge in [-0.15, -0.1) is 0 Å². The van der Waals surface area contributed by atoms with Gasteiger partial charge >= 0.3 is 17.9 Å². The van der Waals surface area contributed by atoms with Crippen LogP contribution in [0.25, 0.3) is 0 Å². The van der Waals surface area contributed by atoms with Crippen LogP contribution in [-0.4, -0.2) is 37.2 Å². The van der Waals surface area contributed by atoms with Gasteiger partial charge in [-0.05, 0) is 109 Å². The van der Waals surface area contributed by atoms with Crippen LogP contribution in [0.3, 0.4) is 0 Å². The lowest BCUT2D eigenvalue weighted by Gasteiger charge is -2.18. The first-order chi connectivity index (χ1) is 32.5. The summed E-state index contributed by atoms with van der Waals surface area (Å²) in [4.78, 5) is 38.1. The van der Waals surface area contributed by atoms with E-state index >= 15 is 0 Å². The van der Waals surface area contributed by atoms with Crippen molar-refractivity contribution in [3.8, 4) is 0 Å². The highest BCUT2D eigenvalue weighted by molar-refractivity contribution is 5.71. The van der Waals surface area contributed by atoms with E-state index in [1.54, 1.807) is 0 Å². The van der Waals surface area contributed by atoms with Crippen LogP contribution >= 0.6 is 0 Å². The molecule has 0 heterocycles. The van der Waals surface area contributed by atoms with Crippen LogP contribution in [0.5, 0.6) is 0 Å². The van der Waals surface area contributed by atoms with Crippen LogP contribution < -0.4 is 0 Å². The van der Waals surface area contributed by atoms with Gasteiger partial charge in [0.2, 0.25) is 0 Å². The fourth-order valence-corrected chi connectivity index (χ4v) is 7.91. The molecule has 0 N–H and O–H groups in total. The van der Waals surface area contributed by atoms with Gasteiger partial charge in [0, 0.05) is 19.3 Å².